The summed E-state index contributed by atoms with van der Waals surface area (Å²) in [6.45, 7) is 3.87. The van der Waals surface area contributed by atoms with Gasteiger partial charge in [0.2, 0.25) is 0 Å². The molecule has 4 nitrogen and oxygen atoms in total. The lowest BCUT2D eigenvalue weighted by Crippen LogP contribution is -2.03. The van der Waals surface area contributed by atoms with E-state index in [0.29, 0.717) is 5.57 Å². The van der Waals surface area contributed by atoms with Crippen molar-refractivity contribution in [3.05, 3.63) is 46.8 Å². The maximum Gasteiger partial charge on any atom is 0.256 e. The number of aromatic amines is 1. The molecule has 2 heterocycles. The van der Waals surface area contributed by atoms with Crippen molar-refractivity contribution in [2.75, 3.05) is 5.32 Å². The van der Waals surface area contributed by atoms with Crippen molar-refractivity contribution in [3.8, 4) is 0 Å². The van der Waals surface area contributed by atoms with Crippen LogP contribution in [0.3, 0.4) is 0 Å². The number of carbonyl (C=O) groups excluding carboxylic acids is 1. The summed E-state index contributed by atoms with van der Waals surface area (Å²) in [5.41, 5.74) is 5.36. The molecule has 2 N–H and O–H groups in total. The van der Waals surface area contributed by atoms with Gasteiger partial charge in [-0.2, -0.15) is 5.10 Å². The molecule has 0 atom stereocenters. The first-order valence-corrected chi connectivity index (χ1v) is 5.81. The summed E-state index contributed by atoms with van der Waals surface area (Å²) in [4.78, 5) is 12.0. The zero-order chi connectivity index (χ0) is 12.7. The summed E-state index contributed by atoms with van der Waals surface area (Å²) >= 11 is 0. The Morgan fingerprint density at radius 1 is 1.22 bits per heavy atom. The SMILES string of the molecule is Cc1n[nH]c(C)c1C=C1C(=O)Nc2ccccc21. The Kier molecular flexibility index (Phi) is 2.30. The summed E-state index contributed by atoms with van der Waals surface area (Å²) in [6, 6.07) is 7.70. The molecule has 1 amide bonds. The van der Waals surface area contributed by atoms with Crippen LogP contribution < -0.4 is 5.32 Å². The molecule has 0 bridgehead atoms. The predicted molar refractivity (Wildman–Crippen MR) is 71.0 cm³/mol. The molecule has 1 aromatic heterocycles. The second-order valence-electron chi connectivity index (χ2n) is 4.41. The molecule has 4 heteroatoms. The molecule has 0 aliphatic carbocycles. The number of H-pyrrole nitrogens is 1. The van der Waals surface area contributed by atoms with Crippen LogP contribution in [0, 0.1) is 13.8 Å². The van der Waals surface area contributed by atoms with Gasteiger partial charge >= 0.3 is 0 Å². The number of hydrogen-bond acceptors (Lipinski definition) is 2. The van der Waals surface area contributed by atoms with E-state index in [0.717, 1.165) is 28.2 Å². The summed E-state index contributed by atoms with van der Waals surface area (Å²) < 4.78 is 0. The average molecular weight is 239 g/mol. The fourth-order valence-corrected chi connectivity index (χ4v) is 2.20. The van der Waals surface area contributed by atoms with Crippen molar-refractivity contribution in [2.24, 2.45) is 0 Å². The molecule has 3 rings (SSSR count). The first kappa shape index (κ1) is 10.8. The number of carbonyl (C=O) groups is 1. The van der Waals surface area contributed by atoms with Crippen LogP contribution in [0.25, 0.3) is 11.6 Å². The normalized spacial score (nSPS) is 15.9. The van der Waals surface area contributed by atoms with Gasteiger partial charge in [-0.25, -0.2) is 0 Å². The molecule has 1 aromatic carbocycles. The number of benzene rings is 1. The summed E-state index contributed by atoms with van der Waals surface area (Å²) in [7, 11) is 0. The lowest BCUT2D eigenvalue weighted by molar-refractivity contribution is -0.110. The van der Waals surface area contributed by atoms with Crippen molar-refractivity contribution in [3.63, 3.8) is 0 Å². The van der Waals surface area contributed by atoms with Gasteiger partial charge in [-0.3, -0.25) is 9.89 Å². The minimum absolute atomic E-state index is 0.0591. The van der Waals surface area contributed by atoms with Crippen LogP contribution in [0.2, 0.25) is 0 Å². The van der Waals surface area contributed by atoms with Gasteiger partial charge in [0.1, 0.15) is 0 Å². The van der Waals surface area contributed by atoms with E-state index in [-0.39, 0.29) is 5.91 Å². The molecule has 18 heavy (non-hydrogen) atoms. The molecule has 1 aliphatic heterocycles. The fraction of sp³-hybridized carbons (Fsp3) is 0.143. The van der Waals surface area contributed by atoms with Gasteiger partial charge in [0.15, 0.2) is 0 Å². The second kappa shape index (κ2) is 3.84. The zero-order valence-corrected chi connectivity index (χ0v) is 10.2. The van der Waals surface area contributed by atoms with Crippen molar-refractivity contribution in [2.45, 2.75) is 13.8 Å². The number of aromatic nitrogens is 2. The highest BCUT2D eigenvalue weighted by atomic mass is 16.2. The Labute approximate surface area is 105 Å². The van der Waals surface area contributed by atoms with Gasteiger partial charge in [0.25, 0.3) is 5.91 Å². The number of hydrogen-bond donors (Lipinski definition) is 2. The second-order valence-corrected chi connectivity index (χ2v) is 4.41. The van der Waals surface area contributed by atoms with E-state index in [1.807, 2.05) is 44.2 Å². The van der Waals surface area contributed by atoms with Crippen LogP contribution in [0.5, 0.6) is 0 Å². The number of aryl methyl sites for hydroxylation is 2. The van der Waals surface area contributed by atoms with Crippen LogP contribution >= 0.6 is 0 Å². The molecule has 0 unspecified atom stereocenters. The summed E-state index contributed by atoms with van der Waals surface area (Å²) in [5.74, 6) is -0.0591. The molecular weight excluding hydrogens is 226 g/mol. The topological polar surface area (TPSA) is 57.8 Å². The first-order chi connectivity index (χ1) is 8.66. The summed E-state index contributed by atoms with van der Waals surface area (Å²) in [6.07, 6.45) is 1.90. The summed E-state index contributed by atoms with van der Waals surface area (Å²) in [5, 5.41) is 9.92. The van der Waals surface area contributed by atoms with E-state index in [1.54, 1.807) is 0 Å². The number of fused-ring (bicyclic) bond motifs is 1. The van der Waals surface area contributed by atoms with Crippen molar-refractivity contribution in [1.29, 1.82) is 0 Å². The molecule has 0 spiro atoms. The van der Waals surface area contributed by atoms with Gasteiger partial charge in [0, 0.05) is 28.1 Å². The van der Waals surface area contributed by atoms with E-state index >= 15 is 0 Å². The van der Waals surface area contributed by atoms with Gasteiger partial charge in [0.05, 0.1) is 5.69 Å². The lowest BCUT2D eigenvalue weighted by atomic mass is 10.0. The van der Waals surface area contributed by atoms with Crippen molar-refractivity contribution < 1.29 is 4.79 Å². The van der Waals surface area contributed by atoms with E-state index in [1.165, 1.54) is 0 Å². The lowest BCUT2D eigenvalue weighted by Gasteiger charge is -1.98. The molecule has 90 valence electrons. The molecule has 0 saturated carbocycles. The number of nitrogens with zero attached hydrogens (tertiary/aromatic N) is 1. The smallest absolute Gasteiger partial charge is 0.256 e. The number of nitrogens with one attached hydrogen (secondary N) is 2. The minimum atomic E-state index is -0.0591. The van der Waals surface area contributed by atoms with E-state index in [4.69, 9.17) is 0 Å². The Morgan fingerprint density at radius 3 is 2.72 bits per heavy atom. The van der Waals surface area contributed by atoms with Crippen LogP contribution in [0.1, 0.15) is 22.5 Å². The third kappa shape index (κ3) is 1.54. The largest absolute Gasteiger partial charge is 0.321 e. The van der Waals surface area contributed by atoms with Gasteiger partial charge in [-0.05, 0) is 26.0 Å². The maximum absolute atomic E-state index is 12.0. The predicted octanol–water partition coefficient (Wildman–Crippen LogP) is 2.52. The third-order valence-corrected chi connectivity index (χ3v) is 3.18. The Balaban J connectivity index is 2.16. The average Bonchev–Trinajstić information content (AvgIpc) is 2.84. The van der Waals surface area contributed by atoms with Crippen molar-refractivity contribution >= 4 is 23.2 Å². The Morgan fingerprint density at radius 2 is 2.00 bits per heavy atom. The third-order valence-electron chi connectivity index (χ3n) is 3.18. The number of amides is 1. The Bertz CT molecular complexity index is 648. The molecular formula is C14H13N3O. The van der Waals surface area contributed by atoms with Crippen molar-refractivity contribution in [1.82, 2.24) is 10.2 Å². The monoisotopic (exact) mass is 239 g/mol. The van der Waals surface area contributed by atoms with Crippen LogP contribution in [-0.2, 0) is 4.79 Å². The minimum Gasteiger partial charge on any atom is -0.321 e. The molecule has 1 aliphatic rings. The molecule has 0 fully saturated rings. The molecule has 0 saturated heterocycles. The number of rotatable bonds is 1. The number of para-hydroxylation sites is 1. The Hall–Kier alpha value is -2.36. The quantitative estimate of drug-likeness (QED) is 0.751. The zero-order valence-electron chi connectivity index (χ0n) is 10.2. The highest BCUT2D eigenvalue weighted by Gasteiger charge is 2.23. The van der Waals surface area contributed by atoms with Gasteiger partial charge in [-0.1, -0.05) is 18.2 Å². The van der Waals surface area contributed by atoms with E-state index in [9.17, 15) is 4.79 Å². The van der Waals surface area contributed by atoms with Gasteiger partial charge in [-0.15, -0.1) is 0 Å². The van der Waals surface area contributed by atoms with Crippen LogP contribution in [0.15, 0.2) is 24.3 Å². The number of anilines is 1. The fourth-order valence-electron chi connectivity index (χ4n) is 2.20. The highest BCUT2D eigenvalue weighted by Crippen LogP contribution is 2.33. The molecule has 0 radical (unpaired) electrons. The first-order valence-electron chi connectivity index (χ1n) is 5.81. The maximum atomic E-state index is 12.0. The van der Waals surface area contributed by atoms with Crippen LogP contribution in [0.4, 0.5) is 5.69 Å². The highest BCUT2D eigenvalue weighted by molar-refractivity contribution is 6.34. The van der Waals surface area contributed by atoms with E-state index in [2.05, 4.69) is 15.5 Å². The van der Waals surface area contributed by atoms with Gasteiger partial charge < -0.3 is 5.32 Å². The standard InChI is InChI=1S/C14H13N3O/c1-8-11(9(2)17-16-8)7-12-10-5-3-4-6-13(10)15-14(12)18/h3-7H,1-2H3,(H,15,18)(H,16,17). The molecule has 2 aromatic rings. The van der Waals surface area contributed by atoms with Crippen LogP contribution in [-0.4, -0.2) is 16.1 Å². The van der Waals surface area contributed by atoms with E-state index < -0.39 is 0 Å².